The summed E-state index contributed by atoms with van der Waals surface area (Å²) in [5.41, 5.74) is 2.90. The molecule has 1 aromatic heterocycles. The topological polar surface area (TPSA) is 104 Å². The first-order chi connectivity index (χ1) is 21.8. The molecule has 0 aliphatic carbocycles. The Bertz CT molecular complexity index is 1810. The summed E-state index contributed by atoms with van der Waals surface area (Å²) in [5.74, 6) is -0.524. The van der Waals surface area contributed by atoms with Gasteiger partial charge in [-0.25, -0.2) is 8.42 Å². The number of aliphatic hydroxyl groups is 1. The second-order valence-corrected chi connectivity index (χ2v) is 13.8. The molecule has 3 aromatic carbocycles. The van der Waals surface area contributed by atoms with E-state index in [2.05, 4.69) is 10.6 Å². The van der Waals surface area contributed by atoms with Crippen molar-refractivity contribution in [2.24, 2.45) is 0 Å². The highest BCUT2D eigenvalue weighted by molar-refractivity contribution is 7.92. The number of aryl methyl sites for hydroxylation is 2. The molecule has 5 rings (SSSR count). The molecule has 3 N–H and O–H groups in total. The molecular weight excluding hydrogens is 617 g/mol. The number of amides is 1. The van der Waals surface area contributed by atoms with Crippen molar-refractivity contribution in [1.29, 1.82) is 0 Å². The molecule has 4 aromatic rings. The number of aliphatic hydroxyl groups excluding tert-OH is 1. The Morgan fingerprint density at radius 2 is 1.78 bits per heavy atom. The van der Waals surface area contributed by atoms with Crippen LogP contribution in [0.4, 0.5) is 18.9 Å². The van der Waals surface area contributed by atoms with Gasteiger partial charge in [0.1, 0.15) is 0 Å². The van der Waals surface area contributed by atoms with Crippen LogP contribution in [0.25, 0.3) is 10.9 Å². The van der Waals surface area contributed by atoms with Gasteiger partial charge in [-0.05, 0) is 67.1 Å². The van der Waals surface area contributed by atoms with Gasteiger partial charge in [-0.15, -0.1) is 0 Å². The first-order valence-electron chi connectivity index (χ1n) is 15.4. The number of hydrogen-bond donors (Lipinski definition) is 3. The quantitative estimate of drug-likeness (QED) is 0.200. The van der Waals surface area contributed by atoms with Crippen LogP contribution in [0.3, 0.4) is 0 Å². The zero-order chi connectivity index (χ0) is 33.2. The minimum Gasteiger partial charge on any atom is -0.390 e. The third-order valence-electron chi connectivity index (χ3n) is 8.71. The average molecular weight is 657 g/mol. The molecule has 12 heteroatoms. The number of halogens is 3. The molecule has 0 bridgehead atoms. The molecule has 1 amide bonds. The highest BCUT2D eigenvalue weighted by atomic mass is 32.2. The molecule has 0 saturated carbocycles. The number of benzene rings is 3. The molecule has 0 unspecified atom stereocenters. The van der Waals surface area contributed by atoms with E-state index in [4.69, 9.17) is 0 Å². The van der Waals surface area contributed by atoms with Crippen LogP contribution in [0.1, 0.15) is 58.9 Å². The largest absolute Gasteiger partial charge is 0.416 e. The van der Waals surface area contributed by atoms with Crippen LogP contribution < -0.4 is 14.9 Å². The lowest BCUT2D eigenvalue weighted by molar-refractivity contribution is -0.137. The Balaban J connectivity index is 1.42. The monoisotopic (exact) mass is 656 g/mol. The van der Waals surface area contributed by atoms with E-state index in [0.29, 0.717) is 30.6 Å². The Labute approximate surface area is 267 Å². The van der Waals surface area contributed by atoms with Crippen molar-refractivity contribution in [2.75, 3.05) is 23.7 Å². The molecule has 8 nitrogen and oxygen atoms in total. The van der Waals surface area contributed by atoms with Crippen molar-refractivity contribution in [3.63, 3.8) is 0 Å². The molecule has 0 fully saturated rings. The molecular formula is C34H39F3N4O4S. The third-order valence-corrected chi connectivity index (χ3v) is 10.5. The van der Waals surface area contributed by atoms with Gasteiger partial charge in [0.25, 0.3) is 5.91 Å². The van der Waals surface area contributed by atoms with Gasteiger partial charge in [0.15, 0.2) is 0 Å². The van der Waals surface area contributed by atoms with Gasteiger partial charge in [-0.1, -0.05) is 49.4 Å². The number of rotatable bonds is 11. The minimum atomic E-state index is -4.47. The first-order valence-corrected chi connectivity index (χ1v) is 17.0. The summed E-state index contributed by atoms with van der Waals surface area (Å²) in [5, 5.41) is 18.4. The number of aromatic nitrogens is 1. The van der Waals surface area contributed by atoms with Crippen molar-refractivity contribution in [3.05, 3.63) is 101 Å². The summed E-state index contributed by atoms with van der Waals surface area (Å²) in [6, 6.07) is 16.5. The predicted molar refractivity (Wildman–Crippen MR) is 173 cm³/mol. The Hall–Kier alpha value is -3.87. The number of sulfonamides is 1. The van der Waals surface area contributed by atoms with E-state index in [-0.39, 0.29) is 24.3 Å². The Kier molecular flexibility index (Phi) is 9.81. The van der Waals surface area contributed by atoms with Gasteiger partial charge in [0.2, 0.25) is 10.0 Å². The van der Waals surface area contributed by atoms with Gasteiger partial charge >= 0.3 is 6.18 Å². The van der Waals surface area contributed by atoms with E-state index in [9.17, 15) is 31.5 Å². The molecule has 46 heavy (non-hydrogen) atoms. The van der Waals surface area contributed by atoms with Crippen LogP contribution in [0.15, 0.2) is 72.9 Å². The van der Waals surface area contributed by atoms with Crippen molar-refractivity contribution >= 4 is 32.5 Å². The second kappa shape index (κ2) is 13.5. The summed E-state index contributed by atoms with van der Waals surface area (Å²) >= 11 is 0. The molecule has 3 atom stereocenters. The number of nitrogens with zero attached hydrogens (tertiary/aromatic N) is 2. The lowest BCUT2D eigenvalue weighted by atomic mass is 9.98. The zero-order valence-corrected chi connectivity index (χ0v) is 26.8. The highest BCUT2D eigenvalue weighted by Crippen LogP contribution is 2.37. The molecule has 1 aliphatic rings. The molecule has 2 heterocycles. The lowest BCUT2D eigenvalue weighted by Crippen LogP contribution is -2.49. The van der Waals surface area contributed by atoms with Gasteiger partial charge < -0.3 is 20.3 Å². The Morgan fingerprint density at radius 3 is 2.46 bits per heavy atom. The van der Waals surface area contributed by atoms with Crippen molar-refractivity contribution in [3.8, 4) is 0 Å². The maximum absolute atomic E-state index is 13.9. The highest BCUT2D eigenvalue weighted by Gasteiger charge is 2.32. The zero-order valence-electron chi connectivity index (χ0n) is 26.0. The van der Waals surface area contributed by atoms with Crippen molar-refractivity contribution in [1.82, 2.24) is 15.2 Å². The van der Waals surface area contributed by atoms with Crippen molar-refractivity contribution in [2.45, 2.75) is 64.0 Å². The number of alkyl halides is 3. The van der Waals surface area contributed by atoms with Crippen LogP contribution in [0.2, 0.25) is 0 Å². The fraction of sp³-hybridized carbons (Fsp3) is 0.382. The van der Waals surface area contributed by atoms with Gasteiger partial charge in [-0.3, -0.25) is 9.10 Å². The summed E-state index contributed by atoms with van der Waals surface area (Å²) < 4.78 is 69.2. The van der Waals surface area contributed by atoms with Gasteiger partial charge in [-0.2, -0.15) is 13.2 Å². The average Bonchev–Trinajstić information content (AvgIpc) is 3.36. The maximum atomic E-state index is 13.9. The third kappa shape index (κ3) is 7.08. The Morgan fingerprint density at radius 1 is 1.04 bits per heavy atom. The summed E-state index contributed by atoms with van der Waals surface area (Å²) in [4.78, 5) is 13.9. The van der Waals surface area contributed by atoms with Crippen LogP contribution in [0, 0.1) is 0 Å². The van der Waals surface area contributed by atoms with Crippen molar-refractivity contribution < 1.29 is 31.5 Å². The van der Waals surface area contributed by atoms with E-state index in [1.807, 2.05) is 54.9 Å². The number of carbonyl (C=O) groups is 1. The number of nitrogens with one attached hydrogen (secondary N) is 2. The molecule has 0 spiro atoms. The standard InChI is InChI=1S/C34H39F3N4O4S/c1-4-27(23-12-9-13-26(17-23)34(35,36)37)38-20-31(42)28(16-22-10-7-6-8-11-22)39-33(43)25-18-29-32-24(14-15-46(44,45)40(29)3)21-41(5-2)30(32)19-25/h6-13,17-19,21,27-28,31,38,42H,4-5,14-16,20H2,1-3H3,(H,39,43)/t27-,28+,31-/m1/s1. The van der Waals surface area contributed by atoms with Crippen LogP contribution in [-0.2, 0) is 35.6 Å². The summed E-state index contributed by atoms with van der Waals surface area (Å²) in [6.07, 6.45) is -2.52. The van der Waals surface area contributed by atoms with Crippen LogP contribution in [0.5, 0.6) is 0 Å². The fourth-order valence-corrected chi connectivity index (χ4v) is 7.28. The van der Waals surface area contributed by atoms with E-state index in [1.165, 1.54) is 17.4 Å². The normalized spacial score (nSPS) is 16.5. The van der Waals surface area contributed by atoms with Crippen LogP contribution >= 0.6 is 0 Å². The number of hydrogen-bond acceptors (Lipinski definition) is 5. The molecule has 1 aliphatic heterocycles. The number of carbonyl (C=O) groups excluding carboxylic acids is 1. The minimum absolute atomic E-state index is 0.000155. The predicted octanol–water partition coefficient (Wildman–Crippen LogP) is 5.45. The van der Waals surface area contributed by atoms with Crippen LogP contribution in [-0.4, -0.2) is 55.5 Å². The molecule has 246 valence electrons. The summed E-state index contributed by atoms with van der Waals surface area (Å²) in [6.45, 7) is 4.44. The number of anilines is 1. The lowest BCUT2D eigenvalue weighted by Gasteiger charge is -2.27. The van der Waals surface area contributed by atoms with Gasteiger partial charge in [0.05, 0.1) is 34.7 Å². The summed E-state index contributed by atoms with van der Waals surface area (Å²) in [7, 11) is -2.10. The maximum Gasteiger partial charge on any atom is 0.416 e. The fourth-order valence-electron chi connectivity index (χ4n) is 6.08. The van der Waals surface area contributed by atoms with Gasteiger partial charge in [0, 0.05) is 43.3 Å². The SMILES string of the molecule is CC[C@@H](NC[C@@H](O)[C@H](Cc1ccccc1)NC(=O)c1cc2c3c(cn(CC)c3c1)CCS(=O)(=O)N2C)c1cccc(C(F)(F)F)c1. The molecule has 0 radical (unpaired) electrons. The smallest absolute Gasteiger partial charge is 0.390 e. The molecule has 0 saturated heterocycles. The van der Waals surface area contributed by atoms with E-state index < -0.39 is 45.9 Å². The van der Waals surface area contributed by atoms with E-state index in [0.717, 1.165) is 34.2 Å². The van der Waals surface area contributed by atoms with E-state index >= 15 is 0 Å². The van der Waals surface area contributed by atoms with E-state index in [1.54, 1.807) is 18.2 Å². The second-order valence-electron chi connectivity index (χ2n) is 11.7. The first kappa shape index (κ1) is 33.5.